The van der Waals surface area contributed by atoms with Crippen LogP contribution in [0.4, 0.5) is 14.9 Å². The zero-order chi connectivity index (χ0) is 29.1. The summed E-state index contributed by atoms with van der Waals surface area (Å²) in [5, 5.41) is 15.8. The number of halogens is 1. The van der Waals surface area contributed by atoms with Gasteiger partial charge >= 0.3 is 6.09 Å². The van der Waals surface area contributed by atoms with E-state index in [2.05, 4.69) is 39.8 Å². The Morgan fingerprint density at radius 2 is 1.52 bits per heavy atom. The van der Waals surface area contributed by atoms with E-state index in [1.807, 2.05) is 54.6 Å². The van der Waals surface area contributed by atoms with E-state index in [4.69, 9.17) is 4.74 Å². The van der Waals surface area contributed by atoms with Crippen LogP contribution < -0.4 is 10.6 Å². The first-order valence-corrected chi connectivity index (χ1v) is 14.6. The van der Waals surface area contributed by atoms with E-state index in [-0.39, 0.29) is 11.9 Å². The van der Waals surface area contributed by atoms with Crippen LogP contribution in [0.25, 0.3) is 11.1 Å². The molecule has 218 valence electrons. The van der Waals surface area contributed by atoms with Gasteiger partial charge < -0.3 is 20.1 Å². The number of phenolic OH excluding ortho intramolecular Hbond substituents is 1. The predicted octanol–water partition coefficient (Wildman–Crippen LogP) is 6.79. The molecule has 0 aromatic heterocycles. The van der Waals surface area contributed by atoms with E-state index in [1.54, 1.807) is 6.07 Å². The SMILES string of the molecule is O=C(Nc1ccccc1-c1ccccc1)OC1CCN(CCc2ccc(CCNCc3ccc(F)c(O)c3)cc2)CC1. The number of hydrogen-bond acceptors (Lipinski definition) is 5. The number of nitrogens with zero attached hydrogens (tertiary/aromatic N) is 1. The second kappa shape index (κ2) is 14.6. The molecule has 1 aliphatic rings. The standard InChI is InChI=1S/C35H38FN3O3/c36-32-15-14-28(24-34(32)40)25-37-20-16-26-10-12-27(13-11-26)17-21-39-22-18-30(19-23-39)42-35(41)38-33-9-5-4-8-31(33)29-6-2-1-3-7-29/h1-15,24,30,37,40H,16-23,25H2,(H,38,41). The molecule has 4 aromatic rings. The molecule has 7 heteroatoms. The quantitative estimate of drug-likeness (QED) is 0.174. The van der Waals surface area contributed by atoms with Gasteiger partial charge in [-0.05, 0) is 72.7 Å². The number of ether oxygens (including phenoxy) is 1. The van der Waals surface area contributed by atoms with Gasteiger partial charge in [-0.25, -0.2) is 9.18 Å². The normalized spacial score (nSPS) is 14.0. The summed E-state index contributed by atoms with van der Waals surface area (Å²) in [5.41, 5.74) is 6.19. The number of hydrogen-bond donors (Lipinski definition) is 3. The maximum Gasteiger partial charge on any atom is 0.411 e. The molecular weight excluding hydrogens is 529 g/mol. The van der Waals surface area contributed by atoms with Crippen molar-refractivity contribution in [1.29, 1.82) is 0 Å². The number of likely N-dealkylation sites (tertiary alicyclic amines) is 1. The first-order chi connectivity index (χ1) is 20.5. The first-order valence-electron chi connectivity index (χ1n) is 14.6. The van der Waals surface area contributed by atoms with Gasteiger partial charge in [-0.3, -0.25) is 5.32 Å². The van der Waals surface area contributed by atoms with Crippen LogP contribution in [0.5, 0.6) is 5.75 Å². The number of para-hydroxylation sites is 1. The van der Waals surface area contributed by atoms with Gasteiger partial charge in [0.2, 0.25) is 0 Å². The number of benzene rings is 4. The van der Waals surface area contributed by atoms with Crippen LogP contribution in [0.15, 0.2) is 97.1 Å². The van der Waals surface area contributed by atoms with Crippen LogP contribution in [0, 0.1) is 5.82 Å². The minimum atomic E-state index is -0.598. The third-order valence-electron chi connectivity index (χ3n) is 7.73. The summed E-state index contributed by atoms with van der Waals surface area (Å²) in [6.45, 7) is 4.18. The zero-order valence-corrected chi connectivity index (χ0v) is 23.8. The van der Waals surface area contributed by atoms with E-state index < -0.39 is 11.9 Å². The maximum absolute atomic E-state index is 13.2. The number of rotatable bonds is 11. The number of phenols is 1. The molecule has 4 aromatic carbocycles. The van der Waals surface area contributed by atoms with E-state index in [0.29, 0.717) is 6.54 Å². The van der Waals surface area contributed by atoms with Gasteiger partial charge in [0.15, 0.2) is 11.6 Å². The number of carbonyl (C=O) groups excluding carboxylic acids is 1. The van der Waals surface area contributed by atoms with Crippen molar-refractivity contribution in [3.05, 3.63) is 120 Å². The fourth-order valence-electron chi connectivity index (χ4n) is 5.30. The van der Waals surface area contributed by atoms with Crippen molar-refractivity contribution in [2.45, 2.75) is 38.3 Å². The van der Waals surface area contributed by atoms with Crippen molar-refractivity contribution in [3.63, 3.8) is 0 Å². The lowest BCUT2D eigenvalue weighted by atomic mass is 10.0. The number of nitrogens with one attached hydrogen (secondary N) is 2. The van der Waals surface area contributed by atoms with E-state index in [0.717, 1.165) is 74.2 Å². The lowest BCUT2D eigenvalue weighted by Crippen LogP contribution is -2.39. The third-order valence-corrected chi connectivity index (χ3v) is 7.73. The van der Waals surface area contributed by atoms with Gasteiger partial charge in [0.05, 0.1) is 5.69 Å². The molecule has 0 radical (unpaired) electrons. The van der Waals surface area contributed by atoms with Gasteiger partial charge in [0.1, 0.15) is 6.10 Å². The zero-order valence-electron chi connectivity index (χ0n) is 23.8. The molecule has 1 fully saturated rings. The fourth-order valence-corrected chi connectivity index (χ4v) is 5.30. The van der Waals surface area contributed by atoms with Crippen LogP contribution in [0.2, 0.25) is 0 Å². The minimum Gasteiger partial charge on any atom is -0.505 e. The molecule has 3 N–H and O–H groups in total. The van der Waals surface area contributed by atoms with Gasteiger partial charge in [-0.15, -0.1) is 0 Å². The summed E-state index contributed by atoms with van der Waals surface area (Å²) in [5.74, 6) is -0.912. The molecule has 0 unspecified atom stereocenters. The van der Waals surface area contributed by atoms with Gasteiger partial charge in [-0.1, -0.05) is 78.9 Å². The lowest BCUT2D eigenvalue weighted by Gasteiger charge is -2.31. The molecule has 1 saturated heterocycles. The molecule has 0 bridgehead atoms. The van der Waals surface area contributed by atoms with E-state index in [1.165, 1.54) is 23.3 Å². The Balaban J connectivity index is 0.988. The summed E-state index contributed by atoms with van der Waals surface area (Å²) >= 11 is 0. The molecule has 0 spiro atoms. The topological polar surface area (TPSA) is 73.8 Å². The molecule has 6 nitrogen and oxygen atoms in total. The smallest absolute Gasteiger partial charge is 0.411 e. The Hall–Kier alpha value is -4.20. The molecule has 0 atom stereocenters. The number of aromatic hydroxyl groups is 1. The lowest BCUT2D eigenvalue weighted by molar-refractivity contribution is 0.0593. The minimum absolute atomic E-state index is 0.0771. The number of piperidine rings is 1. The first kappa shape index (κ1) is 29.3. The van der Waals surface area contributed by atoms with Crippen molar-refractivity contribution < 1.29 is 19.0 Å². The van der Waals surface area contributed by atoms with Crippen LogP contribution in [-0.4, -0.2) is 48.4 Å². The van der Waals surface area contributed by atoms with Crippen molar-refractivity contribution in [1.82, 2.24) is 10.2 Å². The average molecular weight is 568 g/mol. The Morgan fingerprint density at radius 1 is 0.857 bits per heavy atom. The molecule has 42 heavy (non-hydrogen) atoms. The molecule has 0 aliphatic carbocycles. The van der Waals surface area contributed by atoms with Gasteiger partial charge in [0.25, 0.3) is 0 Å². The Bertz CT molecular complexity index is 1440. The van der Waals surface area contributed by atoms with Crippen LogP contribution in [0.1, 0.15) is 29.5 Å². The second-order valence-electron chi connectivity index (χ2n) is 10.8. The third kappa shape index (κ3) is 8.41. The Labute approximate surface area is 247 Å². The highest BCUT2D eigenvalue weighted by Gasteiger charge is 2.22. The Kier molecular flexibility index (Phi) is 10.2. The molecule has 0 saturated carbocycles. The molecule has 1 heterocycles. The summed E-state index contributed by atoms with van der Waals surface area (Å²) in [4.78, 5) is 15.1. The summed E-state index contributed by atoms with van der Waals surface area (Å²) in [7, 11) is 0. The van der Waals surface area contributed by atoms with Gasteiger partial charge in [-0.2, -0.15) is 0 Å². The summed E-state index contributed by atoms with van der Waals surface area (Å²) in [6, 6.07) is 31.0. The highest BCUT2D eigenvalue weighted by molar-refractivity contribution is 5.91. The maximum atomic E-state index is 13.2. The summed E-state index contributed by atoms with van der Waals surface area (Å²) in [6.07, 6.45) is 3.06. The highest BCUT2D eigenvalue weighted by Crippen LogP contribution is 2.28. The van der Waals surface area contributed by atoms with Crippen LogP contribution in [-0.2, 0) is 24.1 Å². The largest absolute Gasteiger partial charge is 0.505 e. The predicted molar refractivity (Wildman–Crippen MR) is 165 cm³/mol. The van der Waals surface area contributed by atoms with Gasteiger partial charge in [0, 0.05) is 31.7 Å². The van der Waals surface area contributed by atoms with Crippen molar-refractivity contribution in [3.8, 4) is 16.9 Å². The summed E-state index contributed by atoms with van der Waals surface area (Å²) < 4.78 is 19.0. The number of anilines is 1. The van der Waals surface area contributed by atoms with Crippen molar-refractivity contribution >= 4 is 11.8 Å². The molecule has 5 rings (SSSR count). The Morgan fingerprint density at radius 3 is 2.26 bits per heavy atom. The monoisotopic (exact) mass is 567 g/mol. The second-order valence-corrected chi connectivity index (χ2v) is 10.8. The van der Waals surface area contributed by atoms with Crippen LogP contribution in [0.3, 0.4) is 0 Å². The molecular formula is C35H38FN3O3. The van der Waals surface area contributed by atoms with Crippen molar-refractivity contribution in [2.75, 3.05) is 31.5 Å². The average Bonchev–Trinajstić information content (AvgIpc) is 3.02. The van der Waals surface area contributed by atoms with E-state index >= 15 is 0 Å². The molecule has 1 amide bonds. The molecule has 1 aliphatic heterocycles. The number of amides is 1. The van der Waals surface area contributed by atoms with Crippen LogP contribution >= 0.6 is 0 Å². The number of carbonyl (C=O) groups is 1. The van der Waals surface area contributed by atoms with E-state index in [9.17, 15) is 14.3 Å². The fraction of sp³-hybridized carbons (Fsp3) is 0.286. The van der Waals surface area contributed by atoms with Crippen molar-refractivity contribution in [2.24, 2.45) is 0 Å². The highest BCUT2D eigenvalue weighted by atomic mass is 19.1.